The second-order valence-corrected chi connectivity index (χ2v) is 5.64. The Hall–Kier alpha value is -1.93. The van der Waals surface area contributed by atoms with E-state index in [2.05, 4.69) is 17.6 Å². The van der Waals surface area contributed by atoms with Crippen LogP contribution in [0.2, 0.25) is 0 Å². The molecular formula is C16H20FN3O. The number of amides is 1. The number of carbonyl (C=O) groups excluding carboxylic acids is 1. The van der Waals surface area contributed by atoms with Gasteiger partial charge in [0.2, 0.25) is 5.91 Å². The molecule has 1 heterocycles. The summed E-state index contributed by atoms with van der Waals surface area (Å²) in [5.74, 6) is 0.000576. The molecule has 1 fully saturated rings. The normalized spacial score (nSPS) is 19.6. The molecule has 0 radical (unpaired) electrons. The van der Waals surface area contributed by atoms with E-state index in [1.165, 1.54) is 12.1 Å². The number of nitriles is 1. The van der Waals surface area contributed by atoms with Crippen molar-refractivity contribution in [3.63, 3.8) is 0 Å². The van der Waals surface area contributed by atoms with Crippen molar-refractivity contribution >= 4 is 11.6 Å². The van der Waals surface area contributed by atoms with E-state index < -0.39 is 5.82 Å². The maximum Gasteiger partial charge on any atom is 0.224 e. The molecule has 0 aliphatic carbocycles. The fourth-order valence-electron chi connectivity index (χ4n) is 2.71. The standard InChI is InChI=1S/C16H20FN3O/c1-11(13-3-2-6-19-10-13)7-16(21)20-15-5-4-12(9-18)8-14(15)17/h4-5,8,11,13,19H,2-3,6-7,10H2,1H3,(H,20,21). The number of nitrogens with zero attached hydrogens (tertiary/aromatic N) is 1. The topological polar surface area (TPSA) is 64.9 Å². The summed E-state index contributed by atoms with van der Waals surface area (Å²) in [6.45, 7) is 4.05. The molecule has 1 aliphatic heterocycles. The zero-order valence-corrected chi connectivity index (χ0v) is 12.2. The molecule has 2 N–H and O–H groups in total. The highest BCUT2D eigenvalue weighted by Gasteiger charge is 2.22. The fraction of sp³-hybridized carbons (Fsp3) is 0.500. The van der Waals surface area contributed by atoms with Gasteiger partial charge in [-0.05, 0) is 56.0 Å². The van der Waals surface area contributed by atoms with Gasteiger partial charge in [0.25, 0.3) is 0 Å². The zero-order chi connectivity index (χ0) is 15.2. The Morgan fingerprint density at radius 1 is 1.62 bits per heavy atom. The third-order valence-corrected chi connectivity index (χ3v) is 4.02. The number of halogens is 1. The van der Waals surface area contributed by atoms with Crippen LogP contribution in [0.5, 0.6) is 0 Å². The van der Waals surface area contributed by atoms with E-state index >= 15 is 0 Å². The predicted octanol–water partition coefficient (Wildman–Crippen LogP) is 2.66. The Balaban J connectivity index is 1.90. The fourth-order valence-corrected chi connectivity index (χ4v) is 2.71. The maximum absolute atomic E-state index is 13.7. The molecule has 0 aromatic heterocycles. The van der Waals surface area contributed by atoms with E-state index in [0.29, 0.717) is 12.3 Å². The van der Waals surface area contributed by atoms with Gasteiger partial charge in [0, 0.05) is 6.42 Å². The van der Waals surface area contributed by atoms with Crippen LogP contribution in [0.4, 0.5) is 10.1 Å². The summed E-state index contributed by atoms with van der Waals surface area (Å²) in [5.41, 5.74) is 0.375. The van der Waals surface area contributed by atoms with Gasteiger partial charge in [-0.1, -0.05) is 6.92 Å². The molecule has 21 heavy (non-hydrogen) atoms. The van der Waals surface area contributed by atoms with Crippen LogP contribution in [0.15, 0.2) is 18.2 Å². The summed E-state index contributed by atoms with van der Waals surface area (Å²) in [5, 5.41) is 14.6. The minimum Gasteiger partial charge on any atom is -0.324 e. The van der Waals surface area contributed by atoms with E-state index in [1.807, 2.05) is 6.07 Å². The van der Waals surface area contributed by atoms with Gasteiger partial charge in [0.15, 0.2) is 0 Å². The molecule has 5 heteroatoms. The van der Waals surface area contributed by atoms with Crippen LogP contribution in [0, 0.1) is 29.0 Å². The smallest absolute Gasteiger partial charge is 0.224 e. The quantitative estimate of drug-likeness (QED) is 0.895. The first-order chi connectivity index (χ1) is 10.1. The molecule has 112 valence electrons. The summed E-state index contributed by atoms with van der Waals surface area (Å²) in [4.78, 5) is 12.0. The second-order valence-electron chi connectivity index (χ2n) is 5.64. The molecule has 2 unspecified atom stereocenters. The minimum absolute atomic E-state index is 0.132. The van der Waals surface area contributed by atoms with Gasteiger partial charge in [-0.25, -0.2) is 4.39 Å². The number of carbonyl (C=O) groups is 1. The Labute approximate surface area is 124 Å². The lowest BCUT2D eigenvalue weighted by Crippen LogP contribution is -2.34. The number of benzene rings is 1. The van der Waals surface area contributed by atoms with Crippen LogP contribution >= 0.6 is 0 Å². The molecule has 2 rings (SSSR count). The van der Waals surface area contributed by atoms with Crippen molar-refractivity contribution in [3.05, 3.63) is 29.6 Å². The highest BCUT2D eigenvalue weighted by atomic mass is 19.1. The van der Waals surface area contributed by atoms with Gasteiger partial charge in [-0.15, -0.1) is 0 Å². The van der Waals surface area contributed by atoms with Crippen molar-refractivity contribution in [2.75, 3.05) is 18.4 Å². The van der Waals surface area contributed by atoms with Crippen molar-refractivity contribution in [1.82, 2.24) is 5.32 Å². The Kier molecular flexibility index (Phi) is 5.29. The number of nitrogens with one attached hydrogen (secondary N) is 2. The largest absolute Gasteiger partial charge is 0.324 e. The molecule has 1 aliphatic rings. The van der Waals surface area contributed by atoms with Gasteiger partial charge < -0.3 is 10.6 Å². The first-order valence-corrected chi connectivity index (χ1v) is 7.30. The molecule has 1 amide bonds. The predicted molar refractivity (Wildman–Crippen MR) is 79.1 cm³/mol. The van der Waals surface area contributed by atoms with Gasteiger partial charge in [0.1, 0.15) is 5.82 Å². The van der Waals surface area contributed by atoms with Crippen LogP contribution in [0.1, 0.15) is 31.7 Å². The van der Waals surface area contributed by atoms with Crippen molar-refractivity contribution in [2.24, 2.45) is 11.8 Å². The molecule has 0 spiro atoms. The average Bonchev–Trinajstić information content (AvgIpc) is 2.50. The Bertz CT molecular complexity index is 547. The van der Waals surface area contributed by atoms with Crippen LogP contribution in [0.25, 0.3) is 0 Å². The van der Waals surface area contributed by atoms with Crippen LogP contribution in [-0.4, -0.2) is 19.0 Å². The number of piperidine rings is 1. The monoisotopic (exact) mass is 289 g/mol. The van der Waals surface area contributed by atoms with Crippen molar-refractivity contribution < 1.29 is 9.18 Å². The van der Waals surface area contributed by atoms with Crippen LogP contribution < -0.4 is 10.6 Å². The Morgan fingerprint density at radius 3 is 3.05 bits per heavy atom. The number of hydrogen-bond donors (Lipinski definition) is 2. The zero-order valence-electron chi connectivity index (χ0n) is 12.2. The van der Waals surface area contributed by atoms with Crippen LogP contribution in [0.3, 0.4) is 0 Å². The molecule has 0 bridgehead atoms. The highest BCUT2D eigenvalue weighted by molar-refractivity contribution is 5.91. The number of anilines is 1. The van der Waals surface area contributed by atoms with Gasteiger partial charge >= 0.3 is 0 Å². The molecule has 1 aromatic rings. The summed E-state index contributed by atoms with van der Waals surface area (Å²) in [7, 11) is 0. The third kappa shape index (κ3) is 4.27. The SMILES string of the molecule is CC(CC(=O)Nc1ccc(C#N)cc1F)C1CCCNC1. The lowest BCUT2D eigenvalue weighted by atomic mass is 9.85. The van der Waals surface area contributed by atoms with Crippen molar-refractivity contribution in [3.8, 4) is 6.07 Å². The highest BCUT2D eigenvalue weighted by Crippen LogP contribution is 2.23. The maximum atomic E-state index is 13.7. The minimum atomic E-state index is -0.575. The molecule has 0 saturated carbocycles. The molecular weight excluding hydrogens is 269 g/mol. The molecule has 1 aromatic carbocycles. The van der Waals surface area contributed by atoms with E-state index in [-0.39, 0.29) is 23.1 Å². The van der Waals surface area contributed by atoms with Gasteiger partial charge in [-0.3, -0.25) is 4.79 Å². The van der Waals surface area contributed by atoms with Gasteiger partial charge in [0.05, 0.1) is 17.3 Å². The first kappa shape index (κ1) is 15.5. The number of hydrogen-bond acceptors (Lipinski definition) is 3. The second kappa shape index (κ2) is 7.19. The summed E-state index contributed by atoms with van der Waals surface area (Å²) < 4.78 is 13.7. The molecule has 4 nitrogen and oxygen atoms in total. The molecule has 1 saturated heterocycles. The van der Waals surface area contributed by atoms with E-state index in [1.54, 1.807) is 0 Å². The summed E-state index contributed by atoms with van der Waals surface area (Å²) >= 11 is 0. The van der Waals surface area contributed by atoms with E-state index in [0.717, 1.165) is 32.0 Å². The van der Waals surface area contributed by atoms with Crippen LogP contribution in [-0.2, 0) is 4.79 Å². The van der Waals surface area contributed by atoms with Gasteiger partial charge in [-0.2, -0.15) is 5.26 Å². The van der Waals surface area contributed by atoms with Crippen molar-refractivity contribution in [2.45, 2.75) is 26.2 Å². The Morgan fingerprint density at radius 2 is 2.43 bits per heavy atom. The third-order valence-electron chi connectivity index (χ3n) is 4.02. The number of rotatable bonds is 4. The lowest BCUT2D eigenvalue weighted by molar-refractivity contribution is -0.117. The molecule has 2 atom stereocenters. The average molecular weight is 289 g/mol. The lowest BCUT2D eigenvalue weighted by Gasteiger charge is -2.28. The summed E-state index contributed by atoms with van der Waals surface area (Å²) in [6.07, 6.45) is 2.65. The van der Waals surface area contributed by atoms with E-state index in [4.69, 9.17) is 5.26 Å². The first-order valence-electron chi connectivity index (χ1n) is 7.30. The van der Waals surface area contributed by atoms with Crippen molar-refractivity contribution in [1.29, 1.82) is 5.26 Å². The van der Waals surface area contributed by atoms with E-state index in [9.17, 15) is 9.18 Å². The summed E-state index contributed by atoms with van der Waals surface area (Å²) in [6, 6.07) is 5.92.